The van der Waals surface area contributed by atoms with Gasteiger partial charge in [-0.25, -0.2) is 4.79 Å². The lowest BCUT2D eigenvalue weighted by atomic mass is 10.4. The first-order chi connectivity index (χ1) is 13.2. The van der Waals surface area contributed by atoms with Gasteiger partial charge in [-0.1, -0.05) is 15.5 Å². The molecule has 158 valence electrons. The maximum absolute atomic E-state index is 11.6. The number of carbonyl (C=O) groups excluding carboxylic acids is 2. The molecule has 0 spiro atoms. The van der Waals surface area contributed by atoms with Gasteiger partial charge in [-0.2, -0.15) is 0 Å². The van der Waals surface area contributed by atoms with Crippen molar-refractivity contribution < 1.29 is 34.0 Å². The summed E-state index contributed by atoms with van der Waals surface area (Å²) < 4.78 is 0. The molecule has 2 amide bonds. The average Bonchev–Trinajstić information content (AvgIpc) is 2.64. The summed E-state index contributed by atoms with van der Waals surface area (Å²) in [6.07, 6.45) is 0. The van der Waals surface area contributed by atoms with Crippen molar-refractivity contribution in [2.45, 2.75) is 20.8 Å². The van der Waals surface area contributed by atoms with Crippen LogP contribution in [0.15, 0.2) is 15.5 Å². The zero-order valence-corrected chi connectivity index (χ0v) is 16.1. The molecule has 0 rings (SSSR count). The van der Waals surface area contributed by atoms with Gasteiger partial charge in [-0.3, -0.25) is 9.59 Å². The van der Waals surface area contributed by atoms with E-state index >= 15 is 0 Å². The summed E-state index contributed by atoms with van der Waals surface area (Å²) in [5, 5.41) is 24.2. The number of carboxylic acids is 1. The summed E-state index contributed by atoms with van der Waals surface area (Å²) in [6.45, 7) is 4.07. The fourth-order valence-electron chi connectivity index (χ4n) is 1.26. The van der Waals surface area contributed by atoms with E-state index in [2.05, 4.69) is 30.9 Å². The van der Waals surface area contributed by atoms with E-state index in [0.29, 0.717) is 17.1 Å². The van der Waals surface area contributed by atoms with Crippen LogP contribution in [0.25, 0.3) is 0 Å². The predicted octanol–water partition coefficient (Wildman–Crippen LogP) is -1.56. The number of hydrogen-bond donors (Lipinski definition) is 4. The first kappa shape index (κ1) is 24.8. The van der Waals surface area contributed by atoms with Crippen molar-refractivity contribution >= 4 is 34.9 Å². The van der Waals surface area contributed by atoms with Gasteiger partial charge in [0.05, 0.1) is 30.2 Å². The third kappa shape index (κ3) is 15.1. The minimum absolute atomic E-state index is 0.0622. The maximum Gasteiger partial charge on any atom is 0.344 e. The number of aliphatic carboxylic acids is 1. The number of nitrogens with one attached hydrogen (secondary N) is 2. The molecule has 0 heterocycles. The van der Waals surface area contributed by atoms with Crippen molar-refractivity contribution in [3.63, 3.8) is 0 Å². The second-order valence-corrected chi connectivity index (χ2v) is 5.45. The van der Waals surface area contributed by atoms with Gasteiger partial charge in [0.15, 0.2) is 13.2 Å². The minimum Gasteiger partial charge on any atom is -0.479 e. The molecule has 0 radical (unpaired) electrons. The molecule has 13 nitrogen and oxygen atoms in total. The number of nitrogens with two attached hydrogens (primary N) is 1. The average molecular weight is 402 g/mol. The molecule has 0 aliphatic rings. The van der Waals surface area contributed by atoms with Gasteiger partial charge in [0.2, 0.25) is 6.61 Å². The fraction of sp³-hybridized carbons (Fsp3) is 0.600. The van der Waals surface area contributed by atoms with Crippen LogP contribution in [0.4, 0.5) is 0 Å². The van der Waals surface area contributed by atoms with Crippen LogP contribution >= 0.6 is 0 Å². The highest BCUT2D eigenvalue weighted by atomic mass is 16.6. The molecule has 0 fully saturated rings. The van der Waals surface area contributed by atoms with Gasteiger partial charge in [-0.15, -0.1) is 0 Å². The fourth-order valence-corrected chi connectivity index (χ4v) is 1.26. The van der Waals surface area contributed by atoms with Crippen LogP contribution < -0.4 is 16.4 Å². The Bertz CT molecular complexity index is 618. The molecule has 13 heteroatoms. The molecule has 0 aromatic carbocycles. The smallest absolute Gasteiger partial charge is 0.344 e. The van der Waals surface area contributed by atoms with Crippen LogP contribution in [0.2, 0.25) is 0 Å². The number of oxime groups is 3. The van der Waals surface area contributed by atoms with E-state index in [1.165, 1.54) is 0 Å². The first-order valence-electron chi connectivity index (χ1n) is 8.16. The molecule has 0 saturated heterocycles. The van der Waals surface area contributed by atoms with Gasteiger partial charge in [-0.05, 0) is 20.8 Å². The maximum atomic E-state index is 11.6. The normalized spacial score (nSPS) is 12.2. The third-order valence-corrected chi connectivity index (χ3v) is 2.62. The van der Waals surface area contributed by atoms with Crippen molar-refractivity contribution in [1.82, 2.24) is 10.6 Å². The van der Waals surface area contributed by atoms with Crippen LogP contribution in [0, 0.1) is 0 Å². The predicted molar refractivity (Wildman–Crippen MR) is 99.9 cm³/mol. The summed E-state index contributed by atoms with van der Waals surface area (Å²) in [5.74, 6) is -2.02. The van der Waals surface area contributed by atoms with E-state index in [0.717, 1.165) is 0 Å². The second-order valence-electron chi connectivity index (χ2n) is 5.45. The highest BCUT2D eigenvalue weighted by Gasteiger charge is 2.05. The van der Waals surface area contributed by atoms with Gasteiger partial charge in [0.1, 0.15) is 0 Å². The van der Waals surface area contributed by atoms with Crippen LogP contribution in [-0.4, -0.2) is 79.5 Å². The Hall–Kier alpha value is -3.22. The highest BCUT2D eigenvalue weighted by Crippen LogP contribution is 1.85. The second kappa shape index (κ2) is 14.9. The van der Waals surface area contributed by atoms with Gasteiger partial charge in [0.25, 0.3) is 11.8 Å². The van der Waals surface area contributed by atoms with Crippen molar-refractivity contribution in [2.24, 2.45) is 21.2 Å². The molecule has 0 bridgehead atoms. The van der Waals surface area contributed by atoms with Gasteiger partial charge >= 0.3 is 5.97 Å². The number of carbonyl (C=O) groups is 3. The summed E-state index contributed by atoms with van der Waals surface area (Å²) in [4.78, 5) is 47.5. The van der Waals surface area contributed by atoms with E-state index in [1.54, 1.807) is 20.8 Å². The Morgan fingerprint density at radius 2 is 1.18 bits per heavy atom. The Morgan fingerprint density at radius 3 is 1.57 bits per heavy atom. The van der Waals surface area contributed by atoms with E-state index in [-0.39, 0.29) is 32.8 Å². The van der Waals surface area contributed by atoms with E-state index in [1.807, 2.05) is 0 Å². The molecule has 0 aliphatic heterocycles. The molecule has 5 N–H and O–H groups in total. The lowest BCUT2D eigenvalue weighted by molar-refractivity contribution is -0.142. The molecule has 0 aromatic rings. The van der Waals surface area contributed by atoms with Crippen LogP contribution in [0.3, 0.4) is 0 Å². The Morgan fingerprint density at radius 1 is 0.786 bits per heavy atom. The van der Waals surface area contributed by atoms with Crippen LogP contribution in [-0.2, 0) is 28.9 Å². The molecule has 0 saturated carbocycles. The third-order valence-electron chi connectivity index (χ3n) is 2.62. The molecular formula is C15H26N6O7. The Labute approximate surface area is 161 Å². The summed E-state index contributed by atoms with van der Waals surface area (Å²) in [7, 11) is 0. The van der Waals surface area contributed by atoms with E-state index in [4.69, 9.17) is 20.5 Å². The summed E-state index contributed by atoms with van der Waals surface area (Å²) >= 11 is 0. The molecule has 0 aliphatic carbocycles. The molecular weight excluding hydrogens is 376 g/mol. The lowest BCUT2D eigenvalue weighted by Gasteiger charge is -2.06. The lowest BCUT2D eigenvalue weighted by Crippen LogP contribution is -2.32. The molecule has 28 heavy (non-hydrogen) atoms. The summed E-state index contributed by atoms with van der Waals surface area (Å²) in [6, 6.07) is 0. The zero-order valence-electron chi connectivity index (χ0n) is 16.1. The quantitative estimate of drug-likeness (QED) is 0.198. The van der Waals surface area contributed by atoms with Crippen LogP contribution in [0.1, 0.15) is 20.8 Å². The highest BCUT2D eigenvalue weighted by molar-refractivity contribution is 5.89. The van der Waals surface area contributed by atoms with Crippen molar-refractivity contribution in [3.05, 3.63) is 0 Å². The van der Waals surface area contributed by atoms with Crippen molar-refractivity contribution in [2.75, 3.05) is 39.5 Å². The SMILES string of the molecule is C/C(CN)=N\OCC(=O)NC/C(C)=N/OCC(=O)NC/C(C)=N/OCC(=O)O. The standard InChI is InChI=1S/C15H26N6O7/c1-10(4-16)19-26-7-13(22)17-5-11(2)20-27-8-14(23)18-6-12(3)21-28-9-15(24)25/h4-9,16H2,1-3H3,(H,17,22)(H,18,23)(H,24,25)/b19-10+,20-11+,21-12+. The monoisotopic (exact) mass is 402 g/mol. The van der Waals surface area contributed by atoms with Crippen molar-refractivity contribution in [3.8, 4) is 0 Å². The number of amides is 2. The molecule has 0 aromatic heterocycles. The Kier molecular flexibility index (Phi) is 13.2. The number of rotatable bonds is 14. The first-order valence-corrected chi connectivity index (χ1v) is 8.16. The van der Waals surface area contributed by atoms with Crippen LogP contribution in [0.5, 0.6) is 0 Å². The van der Waals surface area contributed by atoms with Gasteiger partial charge in [0, 0.05) is 6.54 Å². The number of hydrogen-bond acceptors (Lipinski definition) is 10. The van der Waals surface area contributed by atoms with Crippen molar-refractivity contribution in [1.29, 1.82) is 0 Å². The number of nitrogens with zero attached hydrogens (tertiary/aromatic N) is 3. The van der Waals surface area contributed by atoms with E-state index < -0.39 is 24.4 Å². The number of carboxylic acid groups (broad SMARTS) is 1. The molecule has 0 unspecified atom stereocenters. The van der Waals surface area contributed by atoms with E-state index in [9.17, 15) is 14.4 Å². The zero-order chi connectivity index (χ0) is 21.4. The molecule has 0 atom stereocenters. The Balaban J connectivity index is 3.96. The summed E-state index contributed by atoms with van der Waals surface area (Å²) in [5.41, 5.74) is 6.69. The largest absolute Gasteiger partial charge is 0.479 e. The van der Waals surface area contributed by atoms with Gasteiger partial charge < -0.3 is 36.0 Å². The topological polar surface area (TPSA) is 186 Å². The minimum atomic E-state index is -1.15.